The van der Waals surface area contributed by atoms with Gasteiger partial charge in [0.1, 0.15) is 0 Å². The van der Waals surface area contributed by atoms with Crippen LogP contribution < -0.4 is 5.73 Å². The Bertz CT molecular complexity index is 91.3. The molecule has 0 amide bonds. The zero-order chi connectivity index (χ0) is 8.20. The van der Waals surface area contributed by atoms with Gasteiger partial charge in [0.15, 0.2) is 0 Å². The van der Waals surface area contributed by atoms with Crippen LogP contribution in [0.2, 0.25) is 0 Å². The Morgan fingerprint density at radius 1 is 1.50 bits per heavy atom. The molecule has 0 unspecified atom stereocenters. The van der Waals surface area contributed by atoms with E-state index in [-0.39, 0.29) is 0 Å². The van der Waals surface area contributed by atoms with E-state index in [9.17, 15) is 0 Å². The average Bonchev–Trinajstić information content (AvgIpc) is 1.89. The molecule has 0 rings (SSSR count). The van der Waals surface area contributed by atoms with Crippen molar-refractivity contribution in [3.8, 4) is 0 Å². The van der Waals surface area contributed by atoms with Crippen LogP contribution in [0.4, 0.5) is 0 Å². The van der Waals surface area contributed by atoms with E-state index < -0.39 is 0 Å². The number of hydrogen-bond acceptors (Lipinski definition) is 1. The predicted octanol–water partition coefficient (Wildman–Crippen LogP) is 2.43. The summed E-state index contributed by atoms with van der Waals surface area (Å²) < 4.78 is 1.24. The Morgan fingerprint density at radius 3 is 2.30 bits per heavy atom. The third-order valence-corrected chi connectivity index (χ3v) is 3.03. The van der Waals surface area contributed by atoms with Crippen LogP contribution in [0.25, 0.3) is 0 Å². The third kappa shape index (κ3) is 3.19. The lowest BCUT2D eigenvalue weighted by Crippen LogP contribution is -2.30. The molecular formula is C8H18IN. The molecule has 0 bridgehead atoms. The predicted molar refractivity (Wildman–Crippen MR) is 55.5 cm³/mol. The van der Waals surface area contributed by atoms with Gasteiger partial charge in [-0.15, -0.1) is 0 Å². The summed E-state index contributed by atoms with van der Waals surface area (Å²) in [6, 6.07) is 0. The molecule has 0 aliphatic heterocycles. The molecule has 0 saturated carbocycles. The van der Waals surface area contributed by atoms with E-state index in [2.05, 4.69) is 43.4 Å². The molecule has 0 fully saturated rings. The Balaban J connectivity index is 3.78. The Hall–Kier alpha value is 0.690. The average molecular weight is 255 g/mol. The van der Waals surface area contributed by atoms with Crippen molar-refractivity contribution in [1.29, 1.82) is 0 Å². The standard InChI is InChI=1S/C8H18IN/c1-7(4-5-9)8(2,3)6-10/h7H,4-6,10H2,1-3H3/t7-/m1/s1. The minimum atomic E-state index is 0.325. The van der Waals surface area contributed by atoms with E-state index in [4.69, 9.17) is 5.73 Å². The first-order valence-corrected chi connectivity index (χ1v) is 5.33. The number of rotatable bonds is 4. The van der Waals surface area contributed by atoms with Gasteiger partial charge in [-0.05, 0) is 28.7 Å². The SMILES string of the molecule is C[C@H](CCI)C(C)(C)CN. The highest BCUT2D eigenvalue weighted by atomic mass is 127. The lowest BCUT2D eigenvalue weighted by molar-refractivity contribution is 0.237. The first-order valence-electron chi connectivity index (χ1n) is 3.80. The fourth-order valence-corrected chi connectivity index (χ4v) is 1.69. The highest BCUT2D eigenvalue weighted by molar-refractivity contribution is 14.1. The van der Waals surface area contributed by atoms with Crippen molar-refractivity contribution in [1.82, 2.24) is 0 Å². The van der Waals surface area contributed by atoms with Gasteiger partial charge in [-0.3, -0.25) is 0 Å². The van der Waals surface area contributed by atoms with Crippen molar-refractivity contribution in [3.05, 3.63) is 0 Å². The van der Waals surface area contributed by atoms with E-state index in [0.29, 0.717) is 5.41 Å². The van der Waals surface area contributed by atoms with Crippen LogP contribution in [0.3, 0.4) is 0 Å². The molecule has 1 nitrogen and oxygen atoms in total. The lowest BCUT2D eigenvalue weighted by Gasteiger charge is -2.29. The molecule has 0 aromatic heterocycles. The highest BCUT2D eigenvalue weighted by Gasteiger charge is 2.22. The molecule has 0 aromatic rings. The van der Waals surface area contributed by atoms with E-state index in [1.807, 2.05) is 0 Å². The van der Waals surface area contributed by atoms with E-state index in [1.165, 1.54) is 10.8 Å². The minimum Gasteiger partial charge on any atom is -0.330 e. The van der Waals surface area contributed by atoms with Gasteiger partial charge in [0.05, 0.1) is 0 Å². The first-order chi connectivity index (χ1) is 4.54. The molecule has 0 aliphatic carbocycles. The second kappa shape index (κ2) is 4.54. The van der Waals surface area contributed by atoms with Crippen molar-refractivity contribution in [2.45, 2.75) is 27.2 Å². The molecule has 10 heavy (non-hydrogen) atoms. The summed E-state index contributed by atoms with van der Waals surface area (Å²) in [7, 11) is 0. The topological polar surface area (TPSA) is 26.0 Å². The summed E-state index contributed by atoms with van der Waals surface area (Å²) in [5.41, 5.74) is 5.96. The Kier molecular flexibility index (Phi) is 4.86. The van der Waals surface area contributed by atoms with Crippen molar-refractivity contribution in [2.24, 2.45) is 17.1 Å². The van der Waals surface area contributed by atoms with Gasteiger partial charge in [-0.1, -0.05) is 43.4 Å². The maximum absolute atomic E-state index is 5.64. The molecular weight excluding hydrogens is 237 g/mol. The number of alkyl halides is 1. The summed E-state index contributed by atoms with van der Waals surface area (Å²) in [5, 5.41) is 0. The minimum absolute atomic E-state index is 0.325. The van der Waals surface area contributed by atoms with Crippen molar-refractivity contribution in [3.63, 3.8) is 0 Å². The van der Waals surface area contributed by atoms with E-state index in [0.717, 1.165) is 12.5 Å². The number of nitrogens with two attached hydrogens (primary N) is 1. The largest absolute Gasteiger partial charge is 0.330 e. The van der Waals surface area contributed by atoms with Gasteiger partial charge in [-0.2, -0.15) is 0 Å². The second-order valence-electron chi connectivity index (χ2n) is 3.57. The van der Waals surface area contributed by atoms with Crippen LogP contribution in [-0.2, 0) is 0 Å². The summed E-state index contributed by atoms with van der Waals surface area (Å²) >= 11 is 2.42. The zero-order valence-electron chi connectivity index (χ0n) is 7.15. The maximum Gasteiger partial charge on any atom is -0.000198 e. The normalized spacial score (nSPS) is 15.3. The van der Waals surface area contributed by atoms with Crippen molar-refractivity contribution in [2.75, 3.05) is 11.0 Å². The number of hydrogen-bond donors (Lipinski definition) is 1. The van der Waals surface area contributed by atoms with E-state index >= 15 is 0 Å². The molecule has 2 N–H and O–H groups in total. The molecule has 0 saturated heterocycles. The van der Waals surface area contributed by atoms with Crippen LogP contribution >= 0.6 is 22.6 Å². The maximum atomic E-state index is 5.64. The molecule has 2 heteroatoms. The lowest BCUT2D eigenvalue weighted by atomic mass is 9.79. The molecule has 0 heterocycles. The monoisotopic (exact) mass is 255 g/mol. The molecule has 0 aliphatic rings. The summed E-state index contributed by atoms with van der Waals surface area (Å²) in [5.74, 6) is 0.745. The van der Waals surface area contributed by atoms with Crippen LogP contribution in [-0.4, -0.2) is 11.0 Å². The Labute approximate surface area is 77.9 Å². The summed E-state index contributed by atoms with van der Waals surface area (Å²) in [4.78, 5) is 0. The summed E-state index contributed by atoms with van der Waals surface area (Å²) in [6.07, 6.45) is 1.28. The van der Waals surface area contributed by atoms with Gasteiger partial charge >= 0.3 is 0 Å². The van der Waals surface area contributed by atoms with Crippen LogP contribution in [0.5, 0.6) is 0 Å². The molecule has 0 radical (unpaired) electrons. The van der Waals surface area contributed by atoms with Gasteiger partial charge in [0.25, 0.3) is 0 Å². The fourth-order valence-electron chi connectivity index (χ4n) is 0.756. The third-order valence-electron chi connectivity index (χ3n) is 2.40. The summed E-state index contributed by atoms with van der Waals surface area (Å²) in [6.45, 7) is 7.56. The smallest absolute Gasteiger partial charge is 0.000198 e. The van der Waals surface area contributed by atoms with Crippen LogP contribution in [0.15, 0.2) is 0 Å². The quantitative estimate of drug-likeness (QED) is 0.606. The van der Waals surface area contributed by atoms with E-state index in [1.54, 1.807) is 0 Å². The van der Waals surface area contributed by atoms with Gasteiger partial charge < -0.3 is 5.73 Å². The molecule has 1 atom stereocenters. The highest BCUT2D eigenvalue weighted by Crippen LogP contribution is 2.27. The second-order valence-corrected chi connectivity index (χ2v) is 4.65. The fraction of sp³-hybridized carbons (Fsp3) is 1.00. The van der Waals surface area contributed by atoms with Gasteiger partial charge in [0.2, 0.25) is 0 Å². The number of halogens is 1. The van der Waals surface area contributed by atoms with Crippen molar-refractivity contribution >= 4 is 22.6 Å². The first kappa shape index (κ1) is 10.7. The zero-order valence-corrected chi connectivity index (χ0v) is 9.31. The van der Waals surface area contributed by atoms with Gasteiger partial charge in [-0.25, -0.2) is 0 Å². The molecule has 0 aromatic carbocycles. The van der Waals surface area contributed by atoms with Crippen molar-refractivity contribution < 1.29 is 0 Å². The molecule has 0 spiro atoms. The van der Waals surface area contributed by atoms with Crippen LogP contribution in [0.1, 0.15) is 27.2 Å². The Morgan fingerprint density at radius 2 is 2.00 bits per heavy atom. The molecule has 62 valence electrons. The van der Waals surface area contributed by atoms with Crippen LogP contribution in [0, 0.1) is 11.3 Å². The van der Waals surface area contributed by atoms with Gasteiger partial charge in [0, 0.05) is 0 Å².